The van der Waals surface area contributed by atoms with Gasteiger partial charge in [0.05, 0.1) is 11.6 Å². The molecule has 3 aliphatic carbocycles. The number of allylic oxidation sites excluding steroid dienone is 5. The number of carbonyl (C=O) groups is 1. The van der Waals surface area contributed by atoms with E-state index in [0.717, 1.165) is 55.4 Å². The lowest BCUT2D eigenvalue weighted by Crippen LogP contribution is -2.39. The van der Waals surface area contributed by atoms with Gasteiger partial charge < -0.3 is 0 Å². The molecule has 0 aromatic heterocycles. The minimum absolute atomic E-state index is 0.0453. The van der Waals surface area contributed by atoms with Crippen molar-refractivity contribution < 1.29 is 9.08 Å². The van der Waals surface area contributed by atoms with E-state index < -0.39 is 0 Å². The Kier molecular flexibility index (Phi) is 6.29. The number of ketones is 1. The van der Waals surface area contributed by atoms with Crippen molar-refractivity contribution in [2.75, 3.05) is 18.6 Å². The second kappa shape index (κ2) is 8.50. The van der Waals surface area contributed by atoms with Crippen LogP contribution in [-0.2, 0) is 9.08 Å². The maximum atomic E-state index is 12.7. The summed E-state index contributed by atoms with van der Waals surface area (Å²) in [6, 6.07) is 2.49. The van der Waals surface area contributed by atoms with Gasteiger partial charge in [0, 0.05) is 36.7 Å². The Morgan fingerprint density at radius 1 is 1.40 bits per heavy atom. The maximum Gasteiger partial charge on any atom is 0.140 e. The molecule has 0 spiro atoms. The summed E-state index contributed by atoms with van der Waals surface area (Å²) in [5.41, 5.74) is 4.12. The lowest BCUT2D eigenvalue weighted by atomic mass is 9.70. The predicted molar refractivity (Wildman–Crippen MR) is 124 cm³/mol. The molecule has 4 aliphatic rings. The van der Waals surface area contributed by atoms with Gasteiger partial charge >= 0.3 is 0 Å². The van der Waals surface area contributed by atoms with E-state index in [9.17, 15) is 10.1 Å². The average molecular weight is 445 g/mol. The Morgan fingerprint density at radius 3 is 2.80 bits per heavy atom. The zero-order valence-corrected chi connectivity index (χ0v) is 20.1. The van der Waals surface area contributed by atoms with Crippen LogP contribution in [0.2, 0.25) is 0 Å². The molecule has 3 fully saturated rings. The fourth-order valence-electron chi connectivity index (χ4n) is 5.84. The summed E-state index contributed by atoms with van der Waals surface area (Å²) in [7, 11) is 1.96. The highest BCUT2D eigenvalue weighted by atomic mass is 32.2. The van der Waals surface area contributed by atoms with E-state index in [-0.39, 0.29) is 16.2 Å². The first-order valence-corrected chi connectivity index (χ1v) is 13.0. The highest BCUT2D eigenvalue weighted by molar-refractivity contribution is 8.00. The molecule has 4 nitrogen and oxygen atoms in total. The van der Waals surface area contributed by atoms with Crippen molar-refractivity contribution in [1.82, 2.24) is 5.06 Å². The average Bonchev–Trinajstić information content (AvgIpc) is 3.34. The molecule has 3 unspecified atom stereocenters. The largest absolute Gasteiger partial charge is 0.299 e. The van der Waals surface area contributed by atoms with Crippen LogP contribution >= 0.6 is 23.8 Å². The molecule has 162 valence electrons. The smallest absolute Gasteiger partial charge is 0.140 e. The molecule has 0 N–H and O–H groups in total. The van der Waals surface area contributed by atoms with Gasteiger partial charge in [0.25, 0.3) is 0 Å². The summed E-state index contributed by atoms with van der Waals surface area (Å²) < 4.78 is 6.11. The number of carbonyl (C=O) groups excluding carboxylic acids is 1. The minimum atomic E-state index is -0.239. The Labute approximate surface area is 189 Å². The quantitative estimate of drug-likeness (QED) is 0.291. The maximum absolute atomic E-state index is 12.7. The van der Waals surface area contributed by atoms with Gasteiger partial charge in [-0.15, -0.1) is 11.8 Å². The fourth-order valence-corrected chi connectivity index (χ4v) is 8.33. The third-order valence-electron chi connectivity index (χ3n) is 7.98. The number of likely N-dealkylation sites (N-methyl/N-ethyl adjacent to an activating group) is 1. The highest BCUT2D eigenvalue weighted by Crippen LogP contribution is 2.64. The number of Topliss-reactive ketones (excluding diaryl/α,β-unsaturated/α-hetero) is 1. The van der Waals surface area contributed by atoms with Gasteiger partial charge in [-0.3, -0.25) is 4.79 Å². The highest BCUT2D eigenvalue weighted by Gasteiger charge is 2.64. The van der Waals surface area contributed by atoms with E-state index in [1.54, 1.807) is 0 Å². The Hall–Kier alpha value is -1.00. The first kappa shape index (κ1) is 22.2. The summed E-state index contributed by atoms with van der Waals surface area (Å²) in [4.78, 5) is 12.7. The van der Waals surface area contributed by atoms with Crippen molar-refractivity contribution in [3.63, 3.8) is 0 Å². The number of fused-ring (bicyclic) bond motifs is 2. The van der Waals surface area contributed by atoms with E-state index in [1.807, 2.05) is 23.9 Å². The zero-order chi connectivity index (χ0) is 21.5. The molecule has 4 rings (SSSR count). The number of nitrogens with zero attached hydrogens (tertiary/aromatic N) is 2. The molecule has 0 amide bonds. The van der Waals surface area contributed by atoms with Crippen LogP contribution < -0.4 is 0 Å². The predicted octanol–water partition coefficient (Wildman–Crippen LogP) is 5.84. The lowest BCUT2D eigenvalue weighted by molar-refractivity contribution is -0.128. The van der Waals surface area contributed by atoms with E-state index in [4.69, 9.17) is 4.28 Å². The molecule has 1 saturated heterocycles. The van der Waals surface area contributed by atoms with E-state index in [0.29, 0.717) is 17.5 Å². The summed E-state index contributed by atoms with van der Waals surface area (Å²) in [6.07, 6.45) is 10.3. The van der Waals surface area contributed by atoms with Crippen molar-refractivity contribution in [2.24, 2.45) is 16.7 Å². The van der Waals surface area contributed by atoms with Crippen molar-refractivity contribution in [1.29, 1.82) is 5.26 Å². The van der Waals surface area contributed by atoms with Gasteiger partial charge in [0.15, 0.2) is 0 Å². The van der Waals surface area contributed by atoms with Crippen LogP contribution in [0.5, 0.6) is 0 Å². The SMILES string of the molecule is CC1=CCCC=C1/C(C#N)=C1\CCSC1N(C)OSCC12CCC(CC1=O)C2(C)C. The molecule has 1 heterocycles. The molecule has 0 aromatic carbocycles. The van der Waals surface area contributed by atoms with E-state index in [1.165, 1.54) is 23.2 Å². The normalized spacial score (nSPS) is 34.2. The lowest BCUT2D eigenvalue weighted by Gasteiger charge is -2.36. The molecule has 2 bridgehead atoms. The van der Waals surface area contributed by atoms with Crippen molar-refractivity contribution in [3.05, 3.63) is 34.4 Å². The van der Waals surface area contributed by atoms with Crippen molar-refractivity contribution >= 4 is 29.6 Å². The van der Waals surface area contributed by atoms with Gasteiger partial charge in [-0.2, -0.15) is 10.3 Å². The standard InChI is InChI=1S/C24H32N2O2S2/c1-16-7-5-6-8-18(16)20(14-25)19-10-12-29-22(19)26(4)28-30-15-24-11-9-17(13-21(24)27)23(24,2)3/h7-8,17,22H,5-6,9-13,15H2,1-4H3/b20-19+. The fraction of sp³-hybridized carbons (Fsp3) is 0.667. The molecule has 6 heteroatoms. The first-order valence-electron chi connectivity index (χ1n) is 11.0. The summed E-state index contributed by atoms with van der Waals surface area (Å²) >= 11 is 3.25. The van der Waals surface area contributed by atoms with Crippen LogP contribution in [0.1, 0.15) is 59.3 Å². The second-order valence-corrected chi connectivity index (χ2v) is 11.5. The van der Waals surface area contributed by atoms with Gasteiger partial charge in [0.1, 0.15) is 11.2 Å². The van der Waals surface area contributed by atoms with E-state index in [2.05, 4.69) is 39.0 Å². The van der Waals surface area contributed by atoms with Crippen LogP contribution in [0.3, 0.4) is 0 Å². The first-order chi connectivity index (χ1) is 14.3. The summed E-state index contributed by atoms with van der Waals surface area (Å²) in [6.45, 7) is 6.63. The van der Waals surface area contributed by atoms with Crippen molar-refractivity contribution in [2.45, 2.75) is 64.7 Å². The molecule has 0 radical (unpaired) electrons. The van der Waals surface area contributed by atoms with Crippen LogP contribution in [0, 0.1) is 28.1 Å². The van der Waals surface area contributed by atoms with Crippen LogP contribution in [0.15, 0.2) is 34.4 Å². The van der Waals surface area contributed by atoms with Gasteiger partial charge in [-0.1, -0.05) is 26.0 Å². The van der Waals surface area contributed by atoms with Crippen molar-refractivity contribution in [3.8, 4) is 6.07 Å². The van der Waals surface area contributed by atoms with Gasteiger partial charge in [0.2, 0.25) is 0 Å². The zero-order valence-electron chi connectivity index (χ0n) is 18.5. The molecular formula is C24H32N2O2S2. The molecule has 2 saturated carbocycles. The molecule has 30 heavy (non-hydrogen) atoms. The van der Waals surface area contributed by atoms with Crippen LogP contribution in [0.4, 0.5) is 0 Å². The summed E-state index contributed by atoms with van der Waals surface area (Å²) in [5, 5.41) is 11.9. The monoisotopic (exact) mass is 444 g/mol. The molecule has 1 aliphatic heterocycles. The van der Waals surface area contributed by atoms with Crippen LogP contribution in [0.25, 0.3) is 0 Å². The topological polar surface area (TPSA) is 53.3 Å². The van der Waals surface area contributed by atoms with Crippen LogP contribution in [-0.4, -0.2) is 34.8 Å². The number of hydrogen-bond acceptors (Lipinski definition) is 6. The Morgan fingerprint density at radius 2 is 2.17 bits per heavy atom. The Balaban J connectivity index is 1.45. The number of hydroxylamine groups is 2. The number of thioether (sulfide) groups is 1. The molecule has 0 aromatic rings. The van der Waals surface area contributed by atoms with Gasteiger partial charge in [-0.05, 0) is 72.8 Å². The summed E-state index contributed by atoms with van der Waals surface area (Å²) in [5.74, 6) is 2.67. The number of hydrogen-bond donors (Lipinski definition) is 0. The number of rotatable bonds is 6. The Bertz CT molecular complexity index is 867. The van der Waals surface area contributed by atoms with E-state index >= 15 is 0 Å². The molecule has 3 atom stereocenters. The van der Waals surface area contributed by atoms with Gasteiger partial charge in [-0.25, -0.2) is 4.28 Å². The minimum Gasteiger partial charge on any atom is -0.299 e. The number of nitriles is 1. The third kappa shape index (κ3) is 3.52. The second-order valence-electron chi connectivity index (χ2n) is 9.62. The molecular weight excluding hydrogens is 412 g/mol. The third-order valence-corrected chi connectivity index (χ3v) is 10.3.